The molecule has 0 saturated heterocycles. The maximum absolute atomic E-state index is 12.0. The largest absolute Gasteiger partial charge is 1.00 e. The molecule has 0 aliphatic rings. The molecule has 206 valence electrons. The zero-order valence-electron chi connectivity index (χ0n) is 23.2. The van der Waals surface area contributed by atoms with Crippen LogP contribution in [0.25, 0.3) is 0 Å². The average molecular weight is 624 g/mol. The van der Waals surface area contributed by atoms with Gasteiger partial charge in [-0.1, -0.05) is 42.5 Å². The summed E-state index contributed by atoms with van der Waals surface area (Å²) >= 11 is 0. The Labute approximate surface area is 288 Å². The summed E-state index contributed by atoms with van der Waals surface area (Å²) in [6.07, 6.45) is 0. The summed E-state index contributed by atoms with van der Waals surface area (Å²) in [5.74, 6) is 0. The first-order chi connectivity index (χ1) is 19.0. The Bertz CT molecular complexity index is 1790. The minimum Gasteiger partial charge on any atom is -0.744 e. The van der Waals surface area contributed by atoms with Crippen LogP contribution < -0.4 is 64.0 Å². The fraction of sp³-hybridized carbons (Fsp3) is 0.111. The second-order valence-electron chi connectivity index (χ2n) is 8.48. The summed E-state index contributed by atoms with van der Waals surface area (Å²) in [5.41, 5.74) is 2.48. The van der Waals surface area contributed by atoms with Crippen LogP contribution in [0, 0.1) is 0 Å². The number of benzene rings is 4. The molecule has 0 atom stereocenters. The molecule has 0 N–H and O–H groups in total. The Hall–Kier alpha value is -2.30. The molecule has 4 aromatic carbocycles. The summed E-state index contributed by atoms with van der Waals surface area (Å²) in [6.45, 7) is 2.68. The predicted molar refractivity (Wildman–Crippen MR) is 147 cm³/mol. The Morgan fingerprint density at radius 2 is 1.14 bits per heavy atom. The van der Waals surface area contributed by atoms with Gasteiger partial charge in [0.25, 0.3) is 0 Å². The Morgan fingerprint density at radius 3 is 1.67 bits per heavy atom. The van der Waals surface area contributed by atoms with Gasteiger partial charge in [-0.3, -0.25) is 0 Å². The molecule has 15 heteroatoms. The monoisotopic (exact) mass is 623 g/mol. The van der Waals surface area contributed by atoms with Gasteiger partial charge in [-0.25, -0.2) is 16.8 Å². The summed E-state index contributed by atoms with van der Waals surface area (Å²) in [6, 6.07) is 25.3. The summed E-state index contributed by atoms with van der Waals surface area (Å²) in [7, 11) is -9.37. The van der Waals surface area contributed by atoms with Crippen molar-refractivity contribution in [2.24, 2.45) is 20.5 Å². The molecule has 42 heavy (non-hydrogen) atoms. The van der Waals surface area contributed by atoms with Gasteiger partial charge < -0.3 is 14.0 Å². The molecule has 0 bridgehead atoms. The van der Waals surface area contributed by atoms with E-state index in [4.69, 9.17) is 0 Å². The van der Waals surface area contributed by atoms with E-state index in [1.807, 2.05) is 37.3 Å². The van der Waals surface area contributed by atoms with E-state index in [1.54, 1.807) is 29.2 Å². The number of hydrogen-bond donors (Lipinski definition) is 0. The van der Waals surface area contributed by atoms with E-state index >= 15 is 0 Å². The van der Waals surface area contributed by atoms with Crippen LogP contribution in [0.1, 0.15) is 12.5 Å². The van der Waals surface area contributed by atoms with Crippen LogP contribution in [-0.4, -0.2) is 32.5 Å². The molecule has 11 nitrogen and oxygen atoms in total. The molecule has 0 aromatic heterocycles. The van der Waals surface area contributed by atoms with Crippen molar-refractivity contribution >= 4 is 48.7 Å². The fourth-order valence-electron chi connectivity index (χ4n) is 3.75. The van der Waals surface area contributed by atoms with Gasteiger partial charge >= 0.3 is 59.1 Å². The van der Waals surface area contributed by atoms with Gasteiger partial charge in [0, 0.05) is 13.1 Å². The number of nitrogens with zero attached hydrogens (tertiary/aromatic N) is 5. The van der Waals surface area contributed by atoms with Crippen molar-refractivity contribution in [3.8, 4) is 0 Å². The van der Waals surface area contributed by atoms with Crippen LogP contribution in [0.5, 0.6) is 0 Å². The quantitative estimate of drug-likeness (QED) is 0.140. The normalized spacial score (nSPS) is 11.7. The Kier molecular flexibility index (Phi) is 13.6. The third-order valence-electron chi connectivity index (χ3n) is 5.65. The van der Waals surface area contributed by atoms with E-state index in [0.717, 1.165) is 11.6 Å². The SMILES string of the molecule is CCN(Cc1ccccc1)c1cc(N=Nc2cccc(N=Nc3cccc(S(=O)(=O)[O-])c3)c2)ccc1S(=O)(=O)[O-].[Na+].[Na+]. The van der Waals surface area contributed by atoms with Crippen molar-refractivity contribution in [3.63, 3.8) is 0 Å². The molecule has 0 fully saturated rings. The smallest absolute Gasteiger partial charge is 0.744 e. The first-order valence-electron chi connectivity index (χ1n) is 11.9. The maximum atomic E-state index is 12.0. The van der Waals surface area contributed by atoms with Crippen molar-refractivity contribution in [3.05, 3.63) is 103 Å². The number of anilines is 1. The zero-order chi connectivity index (χ0) is 28.8. The van der Waals surface area contributed by atoms with Crippen molar-refractivity contribution in [2.45, 2.75) is 23.3 Å². The van der Waals surface area contributed by atoms with Crippen LogP contribution >= 0.6 is 0 Å². The molecule has 0 saturated carbocycles. The van der Waals surface area contributed by atoms with Gasteiger partial charge in [0.1, 0.15) is 20.2 Å². The van der Waals surface area contributed by atoms with Crippen molar-refractivity contribution in [1.82, 2.24) is 0 Å². The number of hydrogen-bond acceptors (Lipinski definition) is 11. The minimum absolute atomic E-state index is 0. The van der Waals surface area contributed by atoms with Crippen LogP contribution in [-0.2, 0) is 26.8 Å². The number of azo groups is 2. The van der Waals surface area contributed by atoms with Crippen molar-refractivity contribution in [2.75, 3.05) is 11.4 Å². The van der Waals surface area contributed by atoms with Crippen LogP contribution in [0.15, 0.2) is 127 Å². The third-order valence-corrected chi connectivity index (χ3v) is 7.36. The molecule has 0 aliphatic heterocycles. The molecule has 4 aromatic rings. The standard InChI is InChI=1S/C27H25N5O6S2.2Na/c1-2-32(19-20-8-4-3-5-9-20)26-18-24(14-15-27(26)40(36,37)38)31-29-22-11-6-10-21(16-22)28-30-23-12-7-13-25(17-23)39(33,34)35;;/h3-18H,2,19H2,1H3,(H,33,34,35)(H,36,37,38);;/q;2*+1/p-2. The summed E-state index contributed by atoms with van der Waals surface area (Å²) in [4.78, 5) is 1.01. The fourth-order valence-corrected chi connectivity index (χ4v) is 4.94. The van der Waals surface area contributed by atoms with E-state index in [2.05, 4.69) is 20.5 Å². The molecule has 4 rings (SSSR count). The second-order valence-corrected chi connectivity index (χ2v) is 11.2. The molecule has 0 spiro atoms. The second kappa shape index (κ2) is 16.0. The molecule has 0 unspecified atom stereocenters. The van der Waals surface area contributed by atoms with Crippen LogP contribution in [0.4, 0.5) is 28.4 Å². The van der Waals surface area contributed by atoms with Crippen LogP contribution in [0.2, 0.25) is 0 Å². The van der Waals surface area contributed by atoms with E-state index in [1.165, 1.54) is 36.4 Å². The van der Waals surface area contributed by atoms with E-state index in [0.29, 0.717) is 30.2 Å². The topological polar surface area (TPSA) is 167 Å². The number of rotatable bonds is 10. The van der Waals surface area contributed by atoms with Gasteiger partial charge in [0.05, 0.1) is 38.2 Å². The summed E-state index contributed by atoms with van der Waals surface area (Å²) < 4.78 is 69.6. The van der Waals surface area contributed by atoms with Gasteiger partial charge in [0.2, 0.25) is 0 Å². The average Bonchev–Trinajstić information content (AvgIpc) is 2.93. The predicted octanol–water partition coefficient (Wildman–Crippen LogP) is 0.360. The van der Waals surface area contributed by atoms with Crippen molar-refractivity contribution in [1.29, 1.82) is 0 Å². The molecular formula is C27H23N5Na2O6S2. The van der Waals surface area contributed by atoms with E-state index in [9.17, 15) is 25.9 Å². The van der Waals surface area contributed by atoms with Crippen LogP contribution in [0.3, 0.4) is 0 Å². The molecule has 0 radical (unpaired) electrons. The van der Waals surface area contributed by atoms with Gasteiger partial charge in [-0.2, -0.15) is 20.5 Å². The summed E-state index contributed by atoms with van der Waals surface area (Å²) in [5, 5.41) is 16.4. The first-order valence-corrected chi connectivity index (χ1v) is 14.7. The maximum Gasteiger partial charge on any atom is 1.00 e. The Morgan fingerprint density at radius 1 is 0.619 bits per heavy atom. The van der Waals surface area contributed by atoms with E-state index < -0.39 is 25.1 Å². The van der Waals surface area contributed by atoms with Gasteiger partial charge in [-0.15, -0.1) is 0 Å². The van der Waals surface area contributed by atoms with E-state index in [-0.39, 0.29) is 75.4 Å². The third kappa shape index (κ3) is 10.2. The first kappa shape index (κ1) is 35.9. The zero-order valence-corrected chi connectivity index (χ0v) is 28.8. The Balaban J connectivity index is 0.00000308. The van der Waals surface area contributed by atoms with Crippen molar-refractivity contribution < 1.29 is 85.1 Å². The molecular weight excluding hydrogens is 600 g/mol. The molecule has 0 amide bonds. The van der Waals surface area contributed by atoms with Gasteiger partial charge in [-0.05, 0) is 67.1 Å². The molecule has 0 aliphatic carbocycles. The van der Waals surface area contributed by atoms with Gasteiger partial charge in [0.15, 0.2) is 0 Å². The minimum atomic E-state index is -4.75. The molecule has 0 heterocycles.